The van der Waals surface area contributed by atoms with Crippen molar-refractivity contribution < 1.29 is 18.9 Å². The van der Waals surface area contributed by atoms with Crippen LogP contribution in [-0.4, -0.2) is 56.3 Å². The number of carboxylic acid groups (broad SMARTS) is 1. The monoisotopic (exact) mass is 316 g/mol. The Kier molecular flexibility index (Phi) is 5.61. The number of nitrogens with zero attached hydrogens (tertiary/aromatic N) is 1. The van der Waals surface area contributed by atoms with Crippen molar-refractivity contribution in [2.75, 3.05) is 18.1 Å². The summed E-state index contributed by atoms with van der Waals surface area (Å²) in [6.45, 7) is 2.30. The Morgan fingerprint density at radius 3 is 2.43 bits per heavy atom. The average Bonchev–Trinajstić information content (AvgIpc) is 2.69. The molecule has 0 spiro atoms. The van der Waals surface area contributed by atoms with E-state index >= 15 is 0 Å². The lowest BCUT2D eigenvalue weighted by Gasteiger charge is -2.38. The molecule has 0 aromatic heterocycles. The van der Waals surface area contributed by atoms with E-state index in [1.165, 1.54) is 0 Å². The van der Waals surface area contributed by atoms with Crippen molar-refractivity contribution in [1.82, 2.24) is 10.2 Å². The van der Waals surface area contributed by atoms with E-state index in [0.717, 1.165) is 25.7 Å². The van der Waals surface area contributed by atoms with Crippen LogP contribution in [0, 0.1) is 5.92 Å². The van der Waals surface area contributed by atoms with Gasteiger partial charge in [0.05, 0.1) is 0 Å². The number of hydrogen-bond donors (Lipinski definition) is 2. The van der Waals surface area contributed by atoms with Crippen molar-refractivity contribution in [2.24, 2.45) is 5.92 Å². The highest BCUT2D eigenvalue weighted by Crippen LogP contribution is 2.39. The van der Waals surface area contributed by atoms with Crippen LogP contribution in [0.1, 0.15) is 39.0 Å². The van der Waals surface area contributed by atoms with Gasteiger partial charge < -0.3 is 15.3 Å². The third-order valence-corrected chi connectivity index (χ3v) is 5.76. The van der Waals surface area contributed by atoms with Crippen LogP contribution < -0.4 is 5.32 Å². The molecule has 0 aliphatic carbocycles. The summed E-state index contributed by atoms with van der Waals surface area (Å²) >= 11 is 0. The lowest BCUT2D eigenvalue weighted by atomic mass is 9.88. The fourth-order valence-corrected chi connectivity index (χ4v) is 4.16. The van der Waals surface area contributed by atoms with Crippen molar-refractivity contribution >= 4 is 22.8 Å². The zero-order valence-corrected chi connectivity index (χ0v) is 13.2. The molecule has 120 valence electrons. The minimum Gasteiger partial charge on any atom is -0.481 e. The van der Waals surface area contributed by atoms with Gasteiger partial charge >= 0.3 is 12.0 Å². The first-order valence-electron chi connectivity index (χ1n) is 7.64. The zero-order chi connectivity index (χ0) is 15.4. The van der Waals surface area contributed by atoms with Crippen LogP contribution in [-0.2, 0) is 15.6 Å². The van der Waals surface area contributed by atoms with E-state index in [1.807, 2.05) is 11.8 Å². The Bertz CT molecular complexity index is 415. The highest BCUT2D eigenvalue weighted by Gasteiger charge is 2.43. The van der Waals surface area contributed by atoms with Gasteiger partial charge in [0.1, 0.15) is 0 Å². The molecule has 7 heteroatoms. The maximum absolute atomic E-state index is 12.3. The molecular weight excluding hydrogens is 292 g/mol. The number of fused-ring (bicyclic) bond motifs is 2. The van der Waals surface area contributed by atoms with E-state index in [-0.39, 0.29) is 30.5 Å². The fourth-order valence-electron chi connectivity index (χ4n) is 3.54. The minimum absolute atomic E-state index is 0.0793. The lowest BCUT2D eigenvalue weighted by molar-refractivity contribution is -0.138. The van der Waals surface area contributed by atoms with Crippen LogP contribution in [0.2, 0.25) is 0 Å². The summed E-state index contributed by atoms with van der Waals surface area (Å²) in [5, 5.41) is 11.8. The van der Waals surface area contributed by atoms with Gasteiger partial charge in [-0.25, -0.2) is 4.79 Å². The summed E-state index contributed by atoms with van der Waals surface area (Å²) < 4.78 is 11.3. The van der Waals surface area contributed by atoms with Gasteiger partial charge in [0.2, 0.25) is 0 Å². The predicted octanol–water partition coefficient (Wildman–Crippen LogP) is 1.18. The van der Waals surface area contributed by atoms with Gasteiger partial charge in [-0.15, -0.1) is 0 Å². The van der Waals surface area contributed by atoms with E-state index in [2.05, 4.69) is 5.32 Å². The minimum atomic E-state index is -0.861. The SMILES string of the molecule is CCS(=O)CCNC(=O)N1C2CCC1CC(CC(=O)O)C2. The van der Waals surface area contributed by atoms with Gasteiger partial charge in [0.25, 0.3) is 0 Å². The average molecular weight is 316 g/mol. The van der Waals surface area contributed by atoms with Crippen molar-refractivity contribution in [2.45, 2.75) is 51.1 Å². The van der Waals surface area contributed by atoms with Gasteiger partial charge in [-0.2, -0.15) is 0 Å². The topological polar surface area (TPSA) is 86.7 Å². The third kappa shape index (κ3) is 4.18. The number of amides is 2. The van der Waals surface area contributed by atoms with E-state index in [0.29, 0.717) is 18.1 Å². The molecule has 6 nitrogen and oxygen atoms in total. The van der Waals surface area contributed by atoms with Crippen molar-refractivity contribution in [3.63, 3.8) is 0 Å². The molecule has 0 aromatic rings. The number of urea groups is 1. The Morgan fingerprint density at radius 2 is 1.90 bits per heavy atom. The zero-order valence-electron chi connectivity index (χ0n) is 12.4. The normalized spacial score (nSPS) is 29.2. The van der Waals surface area contributed by atoms with Crippen LogP contribution >= 0.6 is 0 Å². The lowest BCUT2D eigenvalue weighted by Crippen LogP contribution is -2.51. The molecule has 2 aliphatic rings. The first-order valence-corrected chi connectivity index (χ1v) is 9.13. The molecule has 3 unspecified atom stereocenters. The van der Waals surface area contributed by atoms with E-state index in [9.17, 15) is 13.8 Å². The number of aliphatic carboxylic acids is 1. The van der Waals surface area contributed by atoms with Gasteiger partial charge in [0, 0.05) is 47.4 Å². The predicted molar refractivity (Wildman–Crippen MR) is 80.6 cm³/mol. The Balaban J connectivity index is 1.83. The molecule has 2 amide bonds. The largest absolute Gasteiger partial charge is 0.481 e. The highest BCUT2D eigenvalue weighted by molar-refractivity contribution is 7.84. The molecule has 2 N–H and O–H groups in total. The highest BCUT2D eigenvalue weighted by atomic mass is 32.2. The van der Waals surface area contributed by atoms with Crippen LogP contribution in [0.5, 0.6) is 0 Å². The second kappa shape index (κ2) is 7.24. The number of nitrogens with one attached hydrogen (secondary N) is 1. The molecule has 2 heterocycles. The number of rotatable bonds is 6. The molecule has 0 aromatic carbocycles. The summed E-state index contributed by atoms with van der Waals surface area (Å²) in [5.74, 6) is 0.547. The summed E-state index contributed by atoms with van der Waals surface area (Å²) in [6, 6.07) is 0.263. The molecule has 2 fully saturated rings. The molecule has 2 rings (SSSR count). The smallest absolute Gasteiger partial charge is 0.317 e. The third-order valence-electron chi connectivity index (χ3n) is 4.46. The van der Waals surface area contributed by atoms with Crippen LogP contribution in [0.25, 0.3) is 0 Å². The molecule has 2 aliphatic heterocycles. The van der Waals surface area contributed by atoms with E-state index < -0.39 is 16.8 Å². The Hall–Kier alpha value is -1.11. The van der Waals surface area contributed by atoms with E-state index in [1.54, 1.807) is 0 Å². The molecular formula is C14H24N2O4S. The summed E-state index contributed by atoms with van der Waals surface area (Å²) in [4.78, 5) is 25.0. The maximum atomic E-state index is 12.3. The molecule has 3 atom stereocenters. The van der Waals surface area contributed by atoms with Crippen LogP contribution in [0.15, 0.2) is 0 Å². The number of hydrogen-bond acceptors (Lipinski definition) is 3. The van der Waals surface area contributed by atoms with Crippen LogP contribution in [0.4, 0.5) is 4.79 Å². The molecule has 0 saturated carbocycles. The molecule has 21 heavy (non-hydrogen) atoms. The maximum Gasteiger partial charge on any atom is 0.317 e. The number of piperidine rings is 1. The fraction of sp³-hybridized carbons (Fsp3) is 0.857. The summed E-state index contributed by atoms with van der Waals surface area (Å²) in [5.41, 5.74) is 0. The van der Waals surface area contributed by atoms with Crippen molar-refractivity contribution in [3.8, 4) is 0 Å². The molecule has 2 bridgehead atoms. The van der Waals surface area contributed by atoms with Gasteiger partial charge in [-0.3, -0.25) is 9.00 Å². The second-order valence-electron chi connectivity index (χ2n) is 5.89. The van der Waals surface area contributed by atoms with Crippen LogP contribution in [0.3, 0.4) is 0 Å². The van der Waals surface area contributed by atoms with Crippen molar-refractivity contribution in [1.29, 1.82) is 0 Å². The van der Waals surface area contributed by atoms with Gasteiger partial charge in [0.15, 0.2) is 0 Å². The first-order chi connectivity index (χ1) is 10.0. The van der Waals surface area contributed by atoms with Crippen molar-refractivity contribution in [3.05, 3.63) is 0 Å². The Morgan fingerprint density at radius 1 is 1.29 bits per heavy atom. The quantitative estimate of drug-likeness (QED) is 0.770. The molecule has 2 saturated heterocycles. The summed E-state index contributed by atoms with van der Waals surface area (Å²) in [6.07, 6.45) is 3.72. The Labute approximate surface area is 127 Å². The number of carboxylic acids is 1. The standard InChI is InChI=1S/C14H24N2O4S/c1-2-21(20)6-5-15-14(19)16-11-3-4-12(16)8-10(7-11)9-13(17)18/h10-12H,2-9H2,1H3,(H,15,19)(H,17,18). The first kappa shape index (κ1) is 16.3. The molecule has 0 radical (unpaired) electrons. The van der Waals surface area contributed by atoms with E-state index in [4.69, 9.17) is 5.11 Å². The number of carbonyl (C=O) groups is 2. The number of carbonyl (C=O) groups excluding carboxylic acids is 1. The van der Waals surface area contributed by atoms with Gasteiger partial charge in [-0.1, -0.05) is 6.92 Å². The second-order valence-corrected chi connectivity index (χ2v) is 7.76. The van der Waals surface area contributed by atoms with Gasteiger partial charge in [-0.05, 0) is 31.6 Å². The summed E-state index contributed by atoms with van der Waals surface area (Å²) in [7, 11) is -0.861.